The van der Waals surface area contributed by atoms with Crippen molar-refractivity contribution >= 4 is 17.7 Å². The monoisotopic (exact) mass is 300 g/mol. The van der Waals surface area contributed by atoms with Crippen LogP contribution in [0.15, 0.2) is 59.8 Å². The molecule has 1 amide bonds. The van der Waals surface area contributed by atoms with Crippen molar-refractivity contribution in [2.75, 3.05) is 6.54 Å². The summed E-state index contributed by atoms with van der Waals surface area (Å²) in [5.41, 5.74) is 1.10. The maximum absolute atomic E-state index is 11.8. The minimum absolute atomic E-state index is 0.0966. The average molecular weight is 300 g/mol. The van der Waals surface area contributed by atoms with Gasteiger partial charge in [-0.15, -0.1) is 11.8 Å². The summed E-state index contributed by atoms with van der Waals surface area (Å²) in [7, 11) is 0. The van der Waals surface area contributed by atoms with E-state index in [1.807, 2.05) is 30.3 Å². The number of thioether (sulfide) groups is 1. The van der Waals surface area contributed by atoms with Crippen LogP contribution >= 0.6 is 11.8 Å². The van der Waals surface area contributed by atoms with Crippen LogP contribution in [0.3, 0.4) is 0 Å². The number of carbonyl (C=O) groups is 1. The van der Waals surface area contributed by atoms with E-state index < -0.39 is 0 Å². The van der Waals surface area contributed by atoms with Gasteiger partial charge < -0.3 is 5.32 Å². The van der Waals surface area contributed by atoms with Gasteiger partial charge in [0, 0.05) is 35.5 Å². The van der Waals surface area contributed by atoms with Crippen LogP contribution < -0.4 is 5.32 Å². The van der Waals surface area contributed by atoms with Crippen molar-refractivity contribution in [2.24, 2.45) is 0 Å². The van der Waals surface area contributed by atoms with Crippen molar-refractivity contribution in [3.05, 3.63) is 60.4 Å². The lowest BCUT2D eigenvalue weighted by atomic mass is 10.1. The Hall–Kier alpha value is -1.81. The number of hydrogen-bond acceptors (Lipinski definition) is 3. The molecule has 0 aliphatic rings. The third-order valence-corrected chi connectivity index (χ3v) is 4.14. The third-order valence-electron chi connectivity index (χ3n) is 3.03. The number of carbonyl (C=O) groups excluding carboxylic acids is 1. The molecule has 1 unspecified atom stereocenters. The Morgan fingerprint density at radius 2 is 2.05 bits per heavy atom. The molecule has 1 heterocycles. The summed E-state index contributed by atoms with van der Waals surface area (Å²) in [5.74, 6) is 0.0966. The summed E-state index contributed by atoms with van der Waals surface area (Å²) in [6.07, 6.45) is 4.79. The fourth-order valence-corrected chi connectivity index (χ4v) is 2.87. The van der Waals surface area contributed by atoms with E-state index in [4.69, 9.17) is 0 Å². The zero-order chi connectivity index (χ0) is 14.9. The van der Waals surface area contributed by atoms with Crippen molar-refractivity contribution in [2.45, 2.75) is 29.9 Å². The van der Waals surface area contributed by atoms with Crippen LogP contribution in [0.25, 0.3) is 0 Å². The van der Waals surface area contributed by atoms with Crippen LogP contribution in [0.4, 0.5) is 0 Å². The number of benzene rings is 1. The lowest BCUT2D eigenvalue weighted by molar-refractivity contribution is -0.121. The van der Waals surface area contributed by atoms with Crippen LogP contribution in [-0.4, -0.2) is 22.7 Å². The SMILES string of the molecule is CC(CNC(=O)CCc1cccnc1)Sc1ccccc1. The van der Waals surface area contributed by atoms with Gasteiger partial charge in [-0.25, -0.2) is 0 Å². The lowest BCUT2D eigenvalue weighted by Crippen LogP contribution is -2.29. The van der Waals surface area contributed by atoms with Gasteiger partial charge in [0.05, 0.1) is 0 Å². The molecule has 1 aromatic carbocycles. The van der Waals surface area contributed by atoms with Crippen molar-refractivity contribution in [3.63, 3.8) is 0 Å². The summed E-state index contributed by atoms with van der Waals surface area (Å²) in [5, 5.41) is 3.35. The largest absolute Gasteiger partial charge is 0.355 e. The molecule has 1 N–H and O–H groups in total. The predicted molar refractivity (Wildman–Crippen MR) is 87.3 cm³/mol. The van der Waals surface area contributed by atoms with Gasteiger partial charge >= 0.3 is 0 Å². The highest BCUT2D eigenvalue weighted by atomic mass is 32.2. The zero-order valence-corrected chi connectivity index (χ0v) is 13.0. The van der Waals surface area contributed by atoms with Crippen LogP contribution in [0.5, 0.6) is 0 Å². The Bertz CT molecular complexity index is 545. The van der Waals surface area contributed by atoms with Crippen LogP contribution in [0, 0.1) is 0 Å². The van der Waals surface area contributed by atoms with E-state index in [0.29, 0.717) is 18.2 Å². The number of pyridine rings is 1. The maximum atomic E-state index is 11.8. The second kappa shape index (κ2) is 8.47. The molecule has 4 heteroatoms. The topological polar surface area (TPSA) is 42.0 Å². The second-order valence-corrected chi connectivity index (χ2v) is 6.42. The van der Waals surface area contributed by atoms with E-state index in [9.17, 15) is 4.79 Å². The Morgan fingerprint density at radius 1 is 1.24 bits per heavy atom. The molecule has 0 fully saturated rings. The van der Waals surface area contributed by atoms with E-state index in [0.717, 1.165) is 12.0 Å². The molecule has 0 radical (unpaired) electrons. The first-order chi connectivity index (χ1) is 10.2. The number of nitrogens with one attached hydrogen (secondary N) is 1. The summed E-state index contributed by atoms with van der Waals surface area (Å²) < 4.78 is 0. The van der Waals surface area contributed by atoms with Gasteiger partial charge in [0.15, 0.2) is 0 Å². The van der Waals surface area contributed by atoms with E-state index in [1.165, 1.54) is 4.90 Å². The first-order valence-electron chi connectivity index (χ1n) is 7.11. The zero-order valence-electron chi connectivity index (χ0n) is 12.2. The average Bonchev–Trinajstić information content (AvgIpc) is 2.53. The highest BCUT2D eigenvalue weighted by Crippen LogP contribution is 2.21. The van der Waals surface area contributed by atoms with E-state index in [-0.39, 0.29) is 5.91 Å². The van der Waals surface area contributed by atoms with Crippen molar-refractivity contribution in [3.8, 4) is 0 Å². The fourth-order valence-electron chi connectivity index (χ4n) is 1.92. The van der Waals surface area contributed by atoms with E-state index in [2.05, 4.69) is 29.4 Å². The van der Waals surface area contributed by atoms with Gasteiger partial charge in [-0.05, 0) is 30.2 Å². The summed E-state index contributed by atoms with van der Waals surface area (Å²) in [6.45, 7) is 2.81. The lowest BCUT2D eigenvalue weighted by Gasteiger charge is -2.12. The number of aryl methyl sites for hydroxylation is 1. The quantitative estimate of drug-likeness (QED) is 0.798. The number of rotatable bonds is 7. The molecule has 0 spiro atoms. The van der Waals surface area contributed by atoms with Gasteiger partial charge in [-0.1, -0.05) is 31.2 Å². The van der Waals surface area contributed by atoms with Gasteiger partial charge in [0.25, 0.3) is 0 Å². The first kappa shape index (κ1) is 15.6. The third kappa shape index (κ3) is 6.00. The molecule has 0 aliphatic heterocycles. The highest BCUT2D eigenvalue weighted by molar-refractivity contribution is 8.00. The van der Waals surface area contributed by atoms with Crippen molar-refractivity contribution < 1.29 is 4.79 Å². The summed E-state index contributed by atoms with van der Waals surface area (Å²) in [6, 6.07) is 14.1. The normalized spacial score (nSPS) is 11.9. The Labute approximate surface area is 130 Å². The minimum Gasteiger partial charge on any atom is -0.355 e. The van der Waals surface area contributed by atoms with Gasteiger partial charge in [0.2, 0.25) is 5.91 Å². The molecular weight excluding hydrogens is 280 g/mol. The van der Waals surface area contributed by atoms with Crippen LogP contribution in [-0.2, 0) is 11.2 Å². The van der Waals surface area contributed by atoms with Gasteiger partial charge in [0.1, 0.15) is 0 Å². The maximum Gasteiger partial charge on any atom is 0.220 e. The molecule has 0 saturated carbocycles. The number of hydrogen-bond donors (Lipinski definition) is 1. The Morgan fingerprint density at radius 3 is 2.76 bits per heavy atom. The van der Waals surface area contributed by atoms with Crippen molar-refractivity contribution in [1.29, 1.82) is 0 Å². The molecule has 3 nitrogen and oxygen atoms in total. The highest BCUT2D eigenvalue weighted by Gasteiger charge is 2.07. The van der Waals surface area contributed by atoms with Gasteiger partial charge in [-0.2, -0.15) is 0 Å². The number of aromatic nitrogens is 1. The van der Waals surface area contributed by atoms with Crippen LogP contribution in [0.1, 0.15) is 18.9 Å². The van der Waals surface area contributed by atoms with Crippen LogP contribution in [0.2, 0.25) is 0 Å². The Kier molecular flexibility index (Phi) is 6.28. The van der Waals surface area contributed by atoms with E-state index >= 15 is 0 Å². The molecule has 0 saturated heterocycles. The molecule has 0 bridgehead atoms. The standard InChI is InChI=1S/C17H20N2OS/c1-14(21-16-7-3-2-4-8-16)12-19-17(20)10-9-15-6-5-11-18-13-15/h2-8,11,13-14H,9-10,12H2,1H3,(H,19,20). The fraction of sp³-hybridized carbons (Fsp3) is 0.294. The van der Waals surface area contributed by atoms with E-state index in [1.54, 1.807) is 24.2 Å². The second-order valence-electron chi connectivity index (χ2n) is 4.91. The number of nitrogens with zero attached hydrogens (tertiary/aromatic N) is 1. The molecule has 2 rings (SSSR count). The number of amides is 1. The van der Waals surface area contributed by atoms with Gasteiger partial charge in [-0.3, -0.25) is 9.78 Å². The minimum atomic E-state index is 0.0966. The summed E-state index contributed by atoms with van der Waals surface area (Å²) >= 11 is 1.78. The molecule has 1 atom stereocenters. The molecule has 110 valence electrons. The molecule has 21 heavy (non-hydrogen) atoms. The smallest absolute Gasteiger partial charge is 0.220 e. The molecule has 1 aromatic heterocycles. The Balaban J connectivity index is 1.66. The van der Waals surface area contributed by atoms with Crippen molar-refractivity contribution in [1.82, 2.24) is 10.3 Å². The molecular formula is C17H20N2OS. The molecule has 0 aliphatic carbocycles. The first-order valence-corrected chi connectivity index (χ1v) is 7.99. The predicted octanol–water partition coefficient (Wildman–Crippen LogP) is 3.31. The molecule has 2 aromatic rings. The summed E-state index contributed by atoms with van der Waals surface area (Å²) in [4.78, 5) is 17.1.